The average Bonchev–Trinajstić information content (AvgIpc) is 2.98. The van der Waals surface area contributed by atoms with Crippen LogP contribution in [-0.2, 0) is 17.7 Å². The average molecular weight is 344 g/mol. The number of aromatic nitrogens is 2. The lowest BCUT2D eigenvalue weighted by atomic mass is 10.0. The topological polar surface area (TPSA) is 82.3 Å². The van der Waals surface area contributed by atoms with Crippen molar-refractivity contribution in [2.24, 2.45) is 0 Å². The van der Waals surface area contributed by atoms with Crippen LogP contribution in [0.15, 0.2) is 0 Å². The Bertz CT molecular complexity index is 514. The molecule has 1 fully saturated rings. The Morgan fingerprint density at radius 3 is 2.96 bits per heavy atom. The summed E-state index contributed by atoms with van der Waals surface area (Å²) in [5.74, 6) is -0.0449. The third-order valence-electron chi connectivity index (χ3n) is 4.56. The van der Waals surface area contributed by atoms with Crippen molar-refractivity contribution in [1.29, 1.82) is 0 Å². The number of carbonyl (C=O) groups excluding carboxylic acids is 1. The molecule has 2 aliphatic rings. The van der Waals surface area contributed by atoms with Crippen LogP contribution in [0.5, 0.6) is 0 Å². The summed E-state index contributed by atoms with van der Waals surface area (Å²) in [6.07, 6.45) is 2.88. The quantitative estimate of drug-likeness (QED) is 0.717. The molecular formula is C15H26ClN5O2. The molecule has 1 saturated heterocycles. The van der Waals surface area contributed by atoms with E-state index in [9.17, 15) is 4.79 Å². The van der Waals surface area contributed by atoms with Gasteiger partial charge in [0.15, 0.2) is 5.69 Å². The largest absolute Gasteiger partial charge is 0.383 e. The number of hydrogen-bond donors (Lipinski definition) is 3. The van der Waals surface area contributed by atoms with E-state index in [0.29, 0.717) is 5.69 Å². The zero-order chi connectivity index (χ0) is 15.4. The zero-order valence-corrected chi connectivity index (χ0v) is 14.4. The van der Waals surface area contributed by atoms with Crippen molar-refractivity contribution in [3.63, 3.8) is 0 Å². The maximum Gasteiger partial charge on any atom is 0.272 e. The summed E-state index contributed by atoms with van der Waals surface area (Å²) >= 11 is 0. The molecule has 1 aromatic rings. The van der Waals surface area contributed by atoms with E-state index in [4.69, 9.17) is 4.74 Å². The molecule has 0 atom stereocenters. The summed E-state index contributed by atoms with van der Waals surface area (Å²) in [6, 6.07) is 0.246. The minimum absolute atomic E-state index is 0. The van der Waals surface area contributed by atoms with Gasteiger partial charge in [0.1, 0.15) is 0 Å². The lowest BCUT2D eigenvalue weighted by Gasteiger charge is -2.32. The Labute approximate surface area is 142 Å². The first-order valence-corrected chi connectivity index (χ1v) is 8.07. The van der Waals surface area contributed by atoms with E-state index in [-0.39, 0.29) is 24.4 Å². The van der Waals surface area contributed by atoms with Gasteiger partial charge in [-0.05, 0) is 12.8 Å². The molecule has 3 rings (SSSR count). The summed E-state index contributed by atoms with van der Waals surface area (Å²) < 4.78 is 5.11. The number of likely N-dealkylation sites (tertiary alicyclic amines) is 1. The molecule has 3 heterocycles. The van der Waals surface area contributed by atoms with Crippen LogP contribution in [-0.4, -0.2) is 66.9 Å². The van der Waals surface area contributed by atoms with Crippen molar-refractivity contribution in [2.75, 3.05) is 39.9 Å². The van der Waals surface area contributed by atoms with E-state index >= 15 is 0 Å². The minimum Gasteiger partial charge on any atom is -0.383 e. The Morgan fingerprint density at radius 1 is 1.43 bits per heavy atom. The van der Waals surface area contributed by atoms with Gasteiger partial charge in [-0.1, -0.05) is 0 Å². The third kappa shape index (κ3) is 4.44. The van der Waals surface area contributed by atoms with Crippen LogP contribution in [0.1, 0.15) is 34.6 Å². The molecular weight excluding hydrogens is 318 g/mol. The first-order chi connectivity index (χ1) is 10.8. The van der Waals surface area contributed by atoms with Gasteiger partial charge in [-0.2, -0.15) is 5.10 Å². The normalized spacial score (nSPS) is 19.0. The van der Waals surface area contributed by atoms with Crippen LogP contribution < -0.4 is 10.6 Å². The first-order valence-electron chi connectivity index (χ1n) is 8.07. The molecule has 23 heavy (non-hydrogen) atoms. The van der Waals surface area contributed by atoms with Crippen molar-refractivity contribution < 1.29 is 9.53 Å². The fourth-order valence-corrected chi connectivity index (χ4v) is 3.19. The summed E-state index contributed by atoms with van der Waals surface area (Å²) in [7, 11) is 1.73. The number of ether oxygens (including phenoxy) is 1. The number of piperidine rings is 1. The highest BCUT2D eigenvalue weighted by Gasteiger charge is 2.25. The van der Waals surface area contributed by atoms with Gasteiger partial charge < -0.3 is 20.3 Å². The van der Waals surface area contributed by atoms with E-state index in [1.165, 1.54) is 0 Å². The predicted octanol–water partition coefficient (Wildman–Crippen LogP) is 0.318. The minimum atomic E-state index is -0.0449. The summed E-state index contributed by atoms with van der Waals surface area (Å²) in [4.78, 5) is 14.8. The van der Waals surface area contributed by atoms with E-state index in [0.717, 1.165) is 69.9 Å². The highest BCUT2D eigenvalue weighted by atomic mass is 35.5. The van der Waals surface area contributed by atoms with Crippen molar-refractivity contribution in [3.05, 3.63) is 17.0 Å². The van der Waals surface area contributed by atoms with Gasteiger partial charge in [-0.25, -0.2) is 0 Å². The fraction of sp³-hybridized carbons (Fsp3) is 0.733. The van der Waals surface area contributed by atoms with Gasteiger partial charge in [-0.15, -0.1) is 12.4 Å². The molecule has 3 N–H and O–H groups in total. The van der Waals surface area contributed by atoms with Crippen molar-refractivity contribution >= 4 is 18.3 Å². The number of nitrogens with zero attached hydrogens (tertiary/aromatic N) is 2. The summed E-state index contributed by atoms with van der Waals surface area (Å²) in [5.41, 5.74) is 2.68. The molecule has 7 nitrogen and oxygen atoms in total. The maximum absolute atomic E-state index is 12.4. The van der Waals surface area contributed by atoms with E-state index in [2.05, 4.69) is 25.7 Å². The van der Waals surface area contributed by atoms with Crippen LogP contribution in [0.4, 0.5) is 0 Å². The Balaban J connectivity index is 0.00000192. The monoisotopic (exact) mass is 343 g/mol. The van der Waals surface area contributed by atoms with Gasteiger partial charge in [0.25, 0.3) is 5.91 Å². The fourth-order valence-electron chi connectivity index (χ4n) is 3.19. The number of methoxy groups -OCH3 is 1. The summed E-state index contributed by atoms with van der Waals surface area (Å²) in [6.45, 7) is 5.42. The molecule has 8 heteroatoms. The number of aromatic amines is 1. The molecule has 1 amide bonds. The Kier molecular flexibility index (Phi) is 6.83. The highest BCUT2D eigenvalue weighted by molar-refractivity contribution is 5.94. The number of rotatable bonds is 5. The molecule has 0 aromatic carbocycles. The Hall–Kier alpha value is -1.15. The number of carbonyl (C=O) groups is 1. The second kappa shape index (κ2) is 8.63. The second-order valence-electron chi connectivity index (χ2n) is 6.04. The van der Waals surface area contributed by atoms with Crippen LogP contribution >= 0.6 is 12.4 Å². The van der Waals surface area contributed by atoms with Gasteiger partial charge in [-0.3, -0.25) is 9.89 Å². The van der Waals surface area contributed by atoms with Crippen LogP contribution in [0.2, 0.25) is 0 Å². The number of halogens is 1. The van der Waals surface area contributed by atoms with Crippen molar-refractivity contribution in [1.82, 2.24) is 25.7 Å². The molecule has 130 valence electrons. The number of nitrogens with one attached hydrogen (secondary N) is 3. The van der Waals surface area contributed by atoms with Crippen molar-refractivity contribution in [3.8, 4) is 0 Å². The first kappa shape index (κ1) is 18.2. The Morgan fingerprint density at radius 2 is 2.22 bits per heavy atom. The molecule has 0 radical (unpaired) electrons. The number of fused-ring (bicyclic) bond motifs is 1. The van der Waals surface area contributed by atoms with Gasteiger partial charge >= 0.3 is 0 Å². The number of hydrogen-bond acceptors (Lipinski definition) is 5. The van der Waals surface area contributed by atoms with Gasteiger partial charge in [0, 0.05) is 63.6 Å². The van der Waals surface area contributed by atoms with E-state index in [1.54, 1.807) is 7.11 Å². The third-order valence-corrected chi connectivity index (χ3v) is 4.56. The maximum atomic E-state index is 12.4. The number of amides is 1. The van der Waals surface area contributed by atoms with Crippen LogP contribution in [0.25, 0.3) is 0 Å². The number of H-pyrrole nitrogens is 1. The molecule has 1 aromatic heterocycles. The van der Waals surface area contributed by atoms with Crippen LogP contribution in [0.3, 0.4) is 0 Å². The standard InChI is InChI=1S/C15H25N5O2.ClH/c1-22-9-8-20-6-3-11(4-7-20)17-15(21)14-12-10-16-5-2-13(12)18-19-14;/h11,16H,2-10H2,1H3,(H,17,21)(H,18,19);1H. The van der Waals surface area contributed by atoms with Gasteiger partial charge in [0.05, 0.1) is 6.61 Å². The molecule has 2 aliphatic heterocycles. The smallest absolute Gasteiger partial charge is 0.272 e. The van der Waals surface area contributed by atoms with E-state index < -0.39 is 0 Å². The van der Waals surface area contributed by atoms with Crippen molar-refractivity contribution in [2.45, 2.75) is 31.8 Å². The second-order valence-corrected chi connectivity index (χ2v) is 6.04. The molecule has 0 saturated carbocycles. The highest BCUT2D eigenvalue weighted by Crippen LogP contribution is 2.16. The lowest BCUT2D eigenvalue weighted by molar-refractivity contribution is 0.0887. The molecule has 0 aliphatic carbocycles. The molecule has 0 spiro atoms. The predicted molar refractivity (Wildman–Crippen MR) is 90.1 cm³/mol. The van der Waals surface area contributed by atoms with Crippen LogP contribution in [0, 0.1) is 0 Å². The SMILES string of the molecule is COCCN1CCC(NC(=O)c2n[nH]c3c2CNCC3)CC1.Cl. The molecule has 0 unspecified atom stereocenters. The summed E-state index contributed by atoms with van der Waals surface area (Å²) in [5, 5.41) is 13.7. The lowest BCUT2D eigenvalue weighted by Crippen LogP contribution is -2.45. The van der Waals surface area contributed by atoms with E-state index in [1.807, 2.05) is 0 Å². The van der Waals surface area contributed by atoms with Gasteiger partial charge in [0.2, 0.25) is 0 Å². The zero-order valence-electron chi connectivity index (χ0n) is 13.6. The molecule has 0 bridgehead atoms.